The maximum absolute atomic E-state index is 6.14. The molecule has 2 heterocycles. The molecule has 0 aromatic carbocycles. The molecule has 21 heavy (non-hydrogen) atoms. The zero-order valence-corrected chi connectivity index (χ0v) is 16.1. The Hall–Kier alpha value is -0.518. The predicted octanol–water partition coefficient (Wildman–Crippen LogP) is 3.64. The van der Waals surface area contributed by atoms with Gasteiger partial charge in [0.05, 0.1) is 11.2 Å². The average molecular weight is 307 g/mol. The fraction of sp³-hybridized carbons (Fsp3) is 0.750. The highest BCUT2D eigenvalue weighted by molar-refractivity contribution is 6.78. The molecule has 3 nitrogen and oxygen atoms in total. The van der Waals surface area contributed by atoms with Crippen LogP contribution in [-0.2, 0) is 9.31 Å². The van der Waals surface area contributed by atoms with Crippen LogP contribution >= 0.6 is 0 Å². The highest BCUT2D eigenvalue weighted by Gasteiger charge is 2.52. The van der Waals surface area contributed by atoms with Crippen molar-refractivity contribution in [1.82, 2.24) is 4.23 Å². The monoisotopic (exact) mass is 307 g/mol. The van der Waals surface area contributed by atoms with E-state index in [4.69, 9.17) is 9.31 Å². The van der Waals surface area contributed by atoms with Gasteiger partial charge < -0.3 is 13.5 Å². The van der Waals surface area contributed by atoms with Gasteiger partial charge in [0.2, 0.25) is 0 Å². The molecule has 1 fully saturated rings. The van der Waals surface area contributed by atoms with Gasteiger partial charge in [-0.25, -0.2) is 0 Å². The average Bonchev–Trinajstić information content (AvgIpc) is 2.81. The third-order valence-corrected chi connectivity index (χ3v) is 11.0. The number of hydrogen-bond acceptors (Lipinski definition) is 2. The van der Waals surface area contributed by atoms with Crippen molar-refractivity contribution in [2.75, 3.05) is 0 Å². The van der Waals surface area contributed by atoms with Crippen LogP contribution in [0.1, 0.15) is 48.5 Å². The molecule has 0 bridgehead atoms. The summed E-state index contributed by atoms with van der Waals surface area (Å²) in [6.45, 7) is 20.2. The summed E-state index contributed by atoms with van der Waals surface area (Å²) in [6, 6.07) is 2.14. The molecule has 1 saturated heterocycles. The van der Waals surface area contributed by atoms with Crippen LogP contribution in [0.25, 0.3) is 0 Å². The molecule has 0 unspecified atom stereocenters. The van der Waals surface area contributed by atoms with Crippen molar-refractivity contribution < 1.29 is 9.31 Å². The van der Waals surface area contributed by atoms with Crippen molar-refractivity contribution in [3.63, 3.8) is 0 Å². The Labute approximate surface area is 131 Å². The quantitative estimate of drug-likeness (QED) is 0.779. The third kappa shape index (κ3) is 2.76. The van der Waals surface area contributed by atoms with Crippen LogP contribution in [0.4, 0.5) is 0 Å². The summed E-state index contributed by atoms with van der Waals surface area (Å²) in [4.78, 5) is 0. The minimum Gasteiger partial charge on any atom is -0.399 e. The first kappa shape index (κ1) is 16.8. The van der Waals surface area contributed by atoms with E-state index < -0.39 is 8.24 Å². The van der Waals surface area contributed by atoms with Gasteiger partial charge >= 0.3 is 7.12 Å². The SMILES string of the molecule is CC1(C)OB(c2ccn([Si](C)(C)C(C)(C)C)c2)OC1(C)C. The predicted molar refractivity (Wildman–Crippen MR) is 92.7 cm³/mol. The Balaban J connectivity index is 2.27. The lowest BCUT2D eigenvalue weighted by Crippen LogP contribution is -2.45. The minimum atomic E-state index is -1.58. The molecule has 1 aliphatic rings. The molecule has 2 rings (SSSR count). The zero-order chi connectivity index (χ0) is 16.3. The Morgan fingerprint density at radius 3 is 1.95 bits per heavy atom. The van der Waals surface area contributed by atoms with Crippen molar-refractivity contribution in [3.8, 4) is 0 Å². The Morgan fingerprint density at radius 1 is 1.05 bits per heavy atom. The van der Waals surface area contributed by atoms with E-state index in [1.165, 1.54) is 0 Å². The molecular weight excluding hydrogens is 277 g/mol. The van der Waals surface area contributed by atoms with E-state index in [9.17, 15) is 0 Å². The highest BCUT2D eigenvalue weighted by atomic mass is 28.3. The maximum Gasteiger partial charge on any atom is 0.496 e. The Kier molecular flexibility index (Phi) is 3.80. The van der Waals surface area contributed by atoms with Gasteiger partial charge in [-0.15, -0.1) is 0 Å². The summed E-state index contributed by atoms with van der Waals surface area (Å²) in [6.07, 6.45) is 4.41. The van der Waals surface area contributed by atoms with E-state index in [2.05, 4.69) is 84.3 Å². The first-order chi connectivity index (χ1) is 9.28. The van der Waals surface area contributed by atoms with Gasteiger partial charge in [0.1, 0.15) is 0 Å². The second-order valence-corrected chi connectivity index (χ2v) is 13.9. The lowest BCUT2D eigenvalue weighted by atomic mass is 9.81. The lowest BCUT2D eigenvalue weighted by Gasteiger charge is -2.38. The van der Waals surface area contributed by atoms with Gasteiger partial charge in [0.25, 0.3) is 0 Å². The smallest absolute Gasteiger partial charge is 0.399 e. The molecule has 0 atom stereocenters. The normalized spacial score (nSPS) is 21.9. The first-order valence-electron chi connectivity index (χ1n) is 7.82. The molecule has 0 radical (unpaired) electrons. The van der Waals surface area contributed by atoms with E-state index in [0.29, 0.717) is 5.04 Å². The Bertz CT molecular complexity index is 513. The van der Waals surface area contributed by atoms with E-state index in [0.717, 1.165) is 5.46 Å². The van der Waals surface area contributed by atoms with Crippen LogP contribution in [0.2, 0.25) is 18.1 Å². The van der Waals surface area contributed by atoms with Gasteiger partial charge in [-0.1, -0.05) is 33.9 Å². The molecule has 0 N–H and O–H groups in total. The second-order valence-electron chi connectivity index (χ2n) is 8.75. The fourth-order valence-electron chi connectivity index (χ4n) is 2.27. The summed E-state index contributed by atoms with van der Waals surface area (Å²) in [5.74, 6) is 0. The molecular formula is C16H30BNO2Si. The number of rotatable bonds is 2. The standard InChI is InChI=1S/C16H30BNO2Si/c1-14(2,3)21(8,9)18-11-10-13(12-18)17-19-15(4,5)16(6,7)20-17/h10-12H,1-9H3. The molecule has 1 aromatic heterocycles. The lowest BCUT2D eigenvalue weighted by molar-refractivity contribution is 0.00578. The summed E-state index contributed by atoms with van der Waals surface area (Å²) >= 11 is 0. The van der Waals surface area contributed by atoms with Crippen molar-refractivity contribution >= 4 is 20.8 Å². The van der Waals surface area contributed by atoms with Crippen LogP contribution in [0, 0.1) is 0 Å². The molecule has 1 aromatic rings. The minimum absolute atomic E-state index is 0.263. The summed E-state index contributed by atoms with van der Waals surface area (Å²) in [5.41, 5.74) is 0.562. The van der Waals surface area contributed by atoms with Gasteiger partial charge in [0, 0.05) is 0 Å². The zero-order valence-electron chi connectivity index (χ0n) is 15.1. The van der Waals surface area contributed by atoms with Crippen molar-refractivity contribution in [3.05, 3.63) is 18.5 Å². The Morgan fingerprint density at radius 2 is 1.52 bits per heavy atom. The van der Waals surface area contributed by atoms with Crippen molar-refractivity contribution in [2.24, 2.45) is 0 Å². The van der Waals surface area contributed by atoms with Crippen LogP contribution in [0.15, 0.2) is 18.5 Å². The molecule has 0 amide bonds. The van der Waals surface area contributed by atoms with Crippen LogP contribution in [0.3, 0.4) is 0 Å². The molecule has 0 saturated carbocycles. The summed E-state index contributed by atoms with van der Waals surface area (Å²) in [5, 5.41) is 0.305. The largest absolute Gasteiger partial charge is 0.496 e. The number of nitrogens with zero attached hydrogens (tertiary/aromatic N) is 1. The summed E-state index contributed by atoms with van der Waals surface area (Å²) < 4.78 is 14.7. The van der Waals surface area contributed by atoms with Crippen LogP contribution < -0.4 is 5.46 Å². The van der Waals surface area contributed by atoms with Crippen LogP contribution in [-0.4, -0.2) is 30.8 Å². The first-order valence-corrected chi connectivity index (χ1v) is 10.8. The topological polar surface area (TPSA) is 23.4 Å². The molecule has 0 spiro atoms. The van der Waals surface area contributed by atoms with E-state index in [1.807, 2.05) is 0 Å². The highest BCUT2D eigenvalue weighted by Crippen LogP contribution is 2.38. The fourth-order valence-corrected chi connectivity index (χ4v) is 3.96. The van der Waals surface area contributed by atoms with Gasteiger partial charge in [0.15, 0.2) is 8.24 Å². The van der Waals surface area contributed by atoms with Gasteiger partial charge in [-0.05, 0) is 56.7 Å². The van der Waals surface area contributed by atoms with E-state index in [-0.39, 0.29) is 18.3 Å². The number of aromatic nitrogens is 1. The van der Waals surface area contributed by atoms with Gasteiger partial charge in [-0.2, -0.15) is 0 Å². The van der Waals surface area contributed by atoms with Crippen LogP contribution in [0.5, 0.6) is 0 Å². The van der Waals surface area contributed by atoms with Crippen molar-refractivity contribution in [1.29, 1.82) is 0 Å². The van der Waals surface area contributed by atoms with Crippen molar-refractivity contribution in [2.45, 2.75) is 77.8 Å². The maximum atomic E-state index is 6.14. The van der Waals surface area contributed by atoms with E-state index >= 15 is 0 Å². The van der Waals surface area contributed by atoms with E-state index in [1.54, 1.807) is 0 Å². The molecule has 118 valence electrons. The molecule has 0 aliphatic carbocycles. The number of hydrogen-bond donors (Lipinski definition) is 0. The third-order valence-electron chi connectivity index (χ3n) is 5.72. The second kappa shape index (κ2) is 4.74. The van der Waals surface area contributed by atoms with Gasteiger partial charge in [-0.3, -0.25) is 0 Å². The summed E-state index contributed by atoms with van der Waals surface area (Å²) in [7, 11) is -1.84. The molecule has 5 heteroatoms. The molecule has 1 aliphatic heterocycles.